The molecule has 1 atom stereocenters. The molecule has 6 heteroatoms. The predicted molar refractivity (Wildman–Crippen MR) is 95.8 cm³/mol. The molecular weight excluding hydrogens is 320 g/mol. The number of ether oxygens (including phenoxy) is 2. The average molecular weight is 348 g/mol. The summed E-state index contributed by atoms with van der Waals surface area (Å²) in [7, 11) is 4.96. The smallest absolute Gasteiger partial charge is 0.244 e. The van der Waals surface area contributed by atoms with Gasteiger partial charge in [-0.1, -0.05) is 12.5 Å². The van der Waals surface area contributed by atoms with Crippen LogP contribution in [0.5, 0.6) is 11.5 Å². The topological polar surface area (TPSA) is 67.9 Å². The molecule has 0 radical (unpaired) electrons. The Morgan fingerprint density at radius 2 is 1.92 bits per heavy atom. The van der Waals surface area contributed by atoms with E-state index >= 15 is 0 Å². The Morgan fingerprint density at radius 1 is 1.24 bits per heavy atom. The fraction of sp³-hybridized carbons (Fsp3) is 0.579. The summed E-state index contributed by atoms with van der Waals surface area (Å²) in [6.45, 7) is 2.31. The van der Waals surface area contributed by atoms with Gasteiger partial charge in [-0.15, -0.1) is 0 Å². The molecule has 0 bridgehead atoms. The molecule has 1 unspecified atom stereocenters. The summed E-state index contributed by atoms with van der Waals surface area (Å²) in [6.07, 6.45) is 3.67. The van der Waals surface area contributed by atoms with Crippen molar-refractivity contribution in [3.05, 3.63) is 23.8 Å². The molecule has 138 valence electrons. The van der Waals surface area contributed by atoms with Gasteiger partial charge in [0.25, 0.3) is 0 Å². The highest BCUT2D eigenvalue weighted by molar-refractivity contribution is 5.88. The van der Waals surface area contributed by atoms with Crippen LogP contribution in [0.25, 0.3) is 0 Å². The summed E-state index contributed by atoms with van der Waals surface area (Å²) in [5.74, 6) is 1.37. The van der Waals surface area contributed by atoms with E-state index in [1.54, 1.807) is 33.1 Å². The molecule has 1 fully saturated rings. The zero-order valence-corrected chi connectivity index (χ0v) is 15.5. The van der Waals surface area contributed by atoms with Crippen LogP contribution in [0.3, 0.4) is 0 Å². The van der Waals surface area contributed by atoms with Crippen molar-refractivity contribution in [1.29, 1.82) is 0 Å². The van der Waals surface area contributed by atoms with Crippen molar-refractivity contribution < 1.29 is 19.1 Å². The molecule has 2 amide bonds. The van der Waals surface area contributed by atoms with Crippen molar-refractivity contribution in [3.8, 4) is 11.5 Å². The average Bonchev–Trinajstić information content (AvgIpc) is 2.56. The maximum absolute atomic E-state index is 12.4. The predicted octanol–water partition coefficient (Wildman–Crippen LogP) is 2.01. The fourth-order valence-corrected chi connectivity index (χ4v) is 2.84. The lowest BCUT2D eigenvalue weighted by molar-refractivity contribution is -0.136. The first-order valence-electron chi connectivity index (χ1n) is 8.72. The molecule has 1 aromatic rings. The first kappa shape index (κ1) is 19.1. The normalized spacial score (nSPS) is 15.0. The second kappa shape index (κ2) is 8.74. The second-order valence-electron chi connectivity index (χ2n) is 6.56. The third-order valence-corrected chi connectivity index (χ3v) is 4.77. The maximum atomic E-state index is 12.4. The largest absolute Gasteiger partial charge is 0.493 e. The SMILES string of the molecule is COc1ccc(CCN(C)C(=O)C(C)NC(=O)C2CCC2)cc1OC. The number of hydrogen-bond acceptors (Lipinski definition) is 4. The Kier molecular flexibility index (Phi) is 6.67. The molecule has 1 N–H and O–H groups in total. The van der Waals surface area contributed by atoms with E-state index in [-0.39, 0.29) is 17.7 Å². The second-order valence-corrected chi connectivity index (χ2v) is 6.56. The standard InChI is InChI=1S/C19H28N2O4/c1-13(20-18(22)15-6-5-7-15)19(23)21(2)11-10-14-8-9-16(24-3)17(12-14)25-4/h8-9,12-13,15H,5-7,10-11H2,1-4H3,(H,20,22). The van der Waals surface area contributed by atoms with Gasteiger partial charge < -0.3 is 19.7 Å². The molecule has 0 aromatic heterocycles. The Morgan fingerprint density at radius 3 is 2.48 bits per heavy atom. The Labute approximate surface area is 149 Å². The highest BCUT2D eigenvalue weighted by Crippen LogP contribution is 2.28. The van der Waals surface area contributed by atoms with Crippen LogP contribution >= 0.6 is 0 Å². The summed E-state index contributed by atoms with van der Waals surface area (Å²) in [5.41, 5.74) is 1.06. The van der Waals surface area contributed by atoms with Gasteiger partial charge in [-0.05, 0) is 43.9 Å². The number of amides is 2. The molecular formula is C19H28N2O4. The van der Waals surface area contributed by atoms with Gasteiger partial charge in [-0.3, -0.25) is 9.59 Å². The van der Waals surface area contributed by atoms with Crippen molar-refractivity contribution in [2.24, 2.45) is 5.92 Å². The van der Waals surface area contributed by atoms with Crippen LogP contribution < -0.4 is 14.8 Å². The number of carbonyl (C=O) groups excluding carboxylic acids is 2. The summed E-state index contributed by atoms with van der Waals surface area (Å²) in [4.78, 5) is 26.0. The number of methoxy groups -OCH3 is 2. The van der Waals surface area contributed by atoms with Gasteiger partial charge in [0.05, 0.1) is 14.2 Å². The van der Waals surface area contributed by atoms with Gasteiger partial charge in [-0.2, -0.15) is 0 Å². The monoisotopic (exact) mass is 348 g/mol. The summed E-state index contributed by atoms with van der Waals surface area (Å²) in [6, 6.07) is 5.24. The molecule has 1 aliphatic rings. The van der Waals surface area contributed by atoms with Gasteiger partial charge in [-0.25, -0.2) is 0 Å². The minimum atomic E-state index is -0.497. The van der Waals surface area contributed by atoms with Gasteiger partial charge in [0.2, 0.25) is 11.8 Å². The van der Waals surface area contributed by atoms with Crippen molar-refractivity contribution in [2.45, 2.75) is 38.6 Å². The molecule has 6 nitrogen and oxygen atoms in total. The van der Waals surface area contributed by atoms with Crippen molar-refractivity contribution in [3.63, 3.8) is 0 Å². The quantitative estimate of drug-likeness (QED) is 0.780. The summed E-state index contributed by atoms with van der Waals surface area (Å²) in [5, 5.41) is 2.83. The number of carbonyl (C=O) groups is 2. The van der Waals surface area contributed by atoms with Gasteiger partial charge in [0.15, 0.2) is 11.5 Å². The molecule has 0 aliphatic heterocycles. The number of benzene rings is 1. The lowest BCUT2D eigenvalue weighted by Gasteiger charge is -2.27. The summed E-state index contributed by atoms with van der Waals surface area (Å²) >= 11 is 0. The highest BCUT2D eigenvalue weighted by Gasteiger charge is 2.28. The van der Waals surface area contributed by atoms with E-state index in [0.717, 1.165) is 24.8 Å². The van der Waals surface area contributed by atoms with Gasteiger partial charge in [0, 0.05) is 19.5 Å². The maximum Gasteiger partial charge on any atom is 0.244 e. The van der Waals surface area contributed by atoms with Crippen molar-refractivity contribution in [1.82, 2.24) is 10.2 Å². The van der Waals surface area contributed by atoms with Crippen LogP contribution in [0, 0.1) is 5.92 Å². The van der Waals surface area contributed by atoms with E-state index < -0.39 is 6.04 Å². The molecule has 1 aliphatic carbocycles. The van der Waals surface area contributed by atoms with Crippen LogP contribution in [-0.4, -0.2) is 50.6 Å². The number of nitrogens with zero attached hydrogens (tertiary/aromatic N) is 1. The molecule has 0 spiro atoms. The van der Waals surface area contributed by atoms with Crippen LogP contribution in [0.1, 0.15) is 31.7 Å². The van der Waals surface area contributed by atoms with E-state index in [0.29, 0.717) is 24.5 Å². The van der Waals surface area contributed by atoms with Crippen LogP contribution in [0.4, 0.5) is 0 Å². The Bertz CT molecular complexity index is 613. The minimum Gasteiger partial charge on any atom is -0.493 e. The number of rotatable bonds is 8. The Hall–Kier alpha value is -2.24. The van der Waals surface area contributed by atoms with Crippen LogP contribution in [-0.2, 0) is 16.0 Å². The van der Waals surface area contributed by atoms with Crippen molar-refractivity contribution >= 4 is 11.8 Å². The molecule has 25 heavy (non-hydrogen) atoms. The highest BCUT2D eigenvalue weighted by atomic mass is 16.5. The van der Waals surface area contributed by atoms with Crippen LogP contribution in [0.15, 0.2) is 18.2 Å². The van der Waals surface area contributed by atoms with E-state index in [2.05, 4.69) is 5.32 Å². The molecule has 0 saturated heterocycles. The zero-order chi connectivity index (χ0) is 18.4. The first-order valence-corrected chi connectivity index (χ1v) is 8.72. The summed E-state index contributed by atoms with van der Waals surface area (Å²) < 4.78 is 10.5. The van der Waals surface area contributed by atoms with E-state index in [1.807, 2.05) is 18.2 Å². The number of likely N-dealkylation sites (N-methyl/N-ethyl adjacent to an activating group) is 1. The van der Waals surface area contributed by atoms with E-state index in [4.69, 9.17) is 9.47 Å². The van der Waals surface area contributed by atoms with E-state index in [1.165, 1.54) is 0 Å². The lowest BCUT2D eigenvalue weighted by Crippen LogP contribution is -2.48. The first-order chi connectivity index (χ1) is 12.0. The molecule has 1 saturated carbocycles. The van der Waals surface area contributed by atoms with Crippen molar-refractivity contribution in [2.75, 3.05) is 27.8 Å². The lowest BCUT2D eigenvalue weighted by atomic mass is 9.84. The van der Waals surface area contributed by atoms with E-state index in [9.17, 15) is 9.59 Å². The van der Waals surface area contributed by atoms with Crippen LogP contribution in [0.2, 0.25) is 0 Å². The number of nitrogens with one attached hydrogen (secondary N) is 1. The fourth-order valence-electron chi connectivity index (χ4n) is 2.84. The third-order valence-electron chi connectivity index (χ3n) is 4.77. The van der Waals surface area contributed by atoms with Gasteiger partial charge >= 0.3 is 0 Å². The molecule has 1 aromatic carbocycles. The molecule has 0 heterocycles. The zero-order valence-electron chi connectivity index (χ0n) is 15.5. The Balaban J connectivity index is 1.85. The molecule has 2 rings (SSSR count). The number of hydrogen-bond donors (Lipinski definition) is 1. The third kappa shape index (κ3) is 4.87. The van der Waals surface area contributed by atoms with Gasteiger partial charge in [0.1, 0.15) is 6.04 Å². The minimum absolute atomic E-state index is 0.000362.